The summed E-state index contributed by atoms with van der Waals surface area (Å²) in [6, 6.07) is 0. The second kappa shape index (κ2) is 11.5. The van der Waals surface area contributed by atoms with Crippen LogP contribution in [-0.4, -0.2) is 70.3 Å². The maximum atomic E-state index is 12.5. The van der Waals surface area contributed by atoms with Gasteiger partial charge in [0.25, 0.3) is 0 Å². The van der Waals surface area contributed by atoms with Crippen molar-refractivity contribution in [3.8, 4) is 0 Å². The molecule has 36 heavy (non-hydrogen) atoms. The largest absolute Gasteiger partial charge is 0.461 e. The highest BCUT2D eigenvalue weighted by Gasteiger charge is 2.46. The number of carbonyl (C=O) groups is 3. The van der Waals surface area contributed by atoms with E-state index in [1.165, 1.54) is 6.08 Å². The van der Waals surface area contributed by atoms with Crippen molar-refractivity contribution in [2.24, 2.45) is 0 Å². The molecule has 1 N–H and O–H groups in total. The molecule has 0 aliphatic carbocycles. The van der Waals surface area contributed by atoms with Gasteiger partial charge in [-0.05, 0) is 62.3 Å². The van der Waals surface area contributed by atoms with Crippen LogP contribution < -0.4 is 5.32 Å². The zero-order chi connectivity index (χ0) is 27.4. The van der Waals surface area contributed by atoms with Crippen molar-refractivity contribution in [2.45, 2.75) is 122 Å². The van der Waals surface area contributed by atoms with Crippen molar-refractivity contribution in [3.63, 3.8) is 0 Å². The number of carbonyl (C=O) groups excluding carboxylic acids is 3. The lowest BCUT2D eigenvalue weighted by Gasteiger charge is -2.54. The molecule has 0 bridgehead atoms. The van der Waals surface area contributed by atoms with E-state index in [0.29, 0.717) is 32.2 Å². The van der Waals surface area contributed by atoms with E-state index in [1.807, 2.05) is 0 Å². The number of hydrogen-bond donors (Lipinski definition) is 1. The molecule has 2 saturated heterocycles. The summed E-state index contributed by atoms with van der Waals surface area (Å²) < 4.78 is 16.6. The molecule has 2 rings (SSSR count). The zero-order valence-corrected chi connectivity index (χ0v) is 23.6. The average Bonchev–Trinajstić information content (AvgIpc) is 2.65. The number of ether oxygens (including phenoxy) is 3. The molecule has 0 aromatic carbocycles. The molecule has 0 saturated carbocycles. The molecule has 204 valence electrons. The Kier molecular flexibility index (Phi) is 9.57. The van der Waals surface area contributed by atoms with Crippen LogP contribution in [0.25, 0.3) is 0 Å². The third-order valence-corrected chi connectivity index (χ3v) is 6.85. The van der Waals surface area contributed by atoms with Gasteiger partial charge in [0, 0.05) is 72.6 Å². The lowest BCUT2D eigenvalue weighted by Crippen LogP contribution is -2.63. The van der Waals surface area contributed by atoms with E-state index in [2.05, 4.69) is 65.6 Å². The maximum absolute atomic E-state index is 12.5. The zero-order valence-electron chi connectivity index (χ0n) is 23.6. The lowest BCUT2D eigenvalue weighted by molar-refractivity contribution is -0.157. The van der Waals surface area contributed by atoms with Gasteiger partial charge in [0.05, 0.1) is 0 Å². The monoisotopic (exact) mass is 506 g/mol. The van der Waals surface area contributed by atoms with E-state index >= 15 is 0 Å². The predicted molar refractivity (Wildman–Crippen MR) is 139 cm³/mol. The van der Waals surface area contributed by atoms with Gasteiger partial charge in [0.15, 0.2) is 0 Å². The molecule has 2 aliphatic heterocycles. The molecule has 2 aliphatic rings. The predicted octanol–water partition coefficient (Wildman–Crippen LogP) is 4.08. The first kappa shape index (κ1) is 30.0. The number of likely N-dealkylation sites (tertiary alicyclic amines) is 1. The highest BCUT2D eigenvalue weighted by molar-refractivity contribution is 5.91. The summed E-state index contributed by atoms with van der Waals surface area (Å²) in [5.41, 5.74) is -0.843. The summed E-state index contributed by atoms with van der Waals surface area (Å²) >= 11 is 0. The topological polar surface area (TPSA) is 94.2 Å². The minimum absolute atomic E-state index is 0.141. The number of hydrogen-bond acceptors (Lipinski definition) is 8. The van der Waals surface area contributed by atoms with Gasteiger partial charge in [-0.25, -0.2) is 14.4 Å². The standard InChI is InChI=1S/C28H46N2O6/c1-10-11-22(31)34-15-14-30-27(6,7)18-21(19-28(30,8)9)36-24(33)13-12-23(32)35-20-16-25(2,3)29-26(4,5)17-20/h10-13,20-21,29H,14-19H2,1-9H3. The van der Waals surface area contributed by atoms with Crippen molar-refractivity contribution in [1.82, 2.24) is 10.2 Å². The fourth-order valence-corrected chi connectivity index (χ4v) is 6.19. The van der Waals surface area contributed by atoms with Crippen molar-refractivity contribution >= 4 is 17.9 Å². The Morgan fingerprint density at radius 2 is 1.19 bits per heavy atom. The molecule has 2 heterocycles. The summed E-state index contributed by atoms with van der Waals surface area (Å²) in [6.45, 7) is 19.4. The van der Waals surface area contributed by atoms with E-state index in [1.54, 1.807) is 13.0 Å². The molecule has 0 atom stereocenters. The van der Waals surface area contributed by atoms with Gasteiger partial charge in [-0.2, -0.15) is 0 Å². The Morgan fingerprint density at radius 1 is 0.750 bits per heavy atom. The number of nitrogens with zero attached hydrogens (tertiary/aromatic N) is 1. The van der Waals surface area contributed by atoms with Crippen LogP contribution in [0.4, 0.5) is 0 Å². The van der Waals surface area contributed by atoms with Gasteiger partial charge >= 0.3 is 17.9 Å². The minimum atomic E-state index is -0.553. The van der Waals surface area contributed by atoms with Gasteiger partial charge in [0.1, 0.15) is 18.8 Å². The van der Waals surface area contributed by atoms with Crippen LogP contribution in [0, 0.1) is 0 Å². The third-order valence-electron chi connectivity index (χ3n) is 6.85. The van der Waals surface area contributed by atoms with E-state index in [4.69, 9.17) is 14.2 Å². The molecule has 8 nitrogen and oxygen atoms in total. The van der Waals surface area contributed by atoms with Gasteiger partial charge in [0.2, 0.25) is 0 Å². The van der Waals surface area contributed by atoms with Crippen molar-refractivity contribution in [3.05, 3.63) is 24.3 Å². The minimum Gasteiger partial charge on any atom is -0.461 e. The number of esters is 3. The van der Waals surface area contributed by atoms with Crippen LogP contribution >= 0.6 is 0 Å². The number of rotatable bonds is 8. The van der Waals surface area contributed by atoms with Crippen LogP contribution in [0.5, 0.6) is 0 Å². The first-order valence-corrected chi connectivity index (χ1v) is 12.9. The second-order valence-electron chi connectivity index (χ2n) is 12.6. The van der Waals surface area contributed by atoms with Gasteiger partial charge in [-0.3, -0.25) is 4.90 Å². The molecule has 0 radical (unpaired) electrons. The quantitative estimate of drug-likeness (QED) is 0.299. The summed E-state index contributed by atoms with van der Waals surface area (Å²) in [5.74, 6) is -1.44. The van der Waals surface area contributed by atoms with Gasteiger partial charge < -0.3 is 19.5 Å². The Labute approximate surface area is 216 Å². The molecule has 8 heteroatoms. The molecule has 2 fully saturated rings. The van der Waals surface area contributed by atoms with E-state index in [0.717, 1.165) is 12.2 Å². The molecule has 0 unspecified atom stereocenters. The Morgan fingerprint density at radius 3 is 1.64 bits per heavy atom. The molecular weight excluding hydrogens is 460 g/mol. The van der Waals surface area contributed by atoms with Crippen molar-refractivity contribution < 1.29 is 28.6 Å². The Bertz CT molecular complexity index is 837. The van der Waals surface area contributed by atoms with E-state index in [9.17, 15) is 14.4 Å². The smallest absolute Gasteiger partial charge is 0.331 e. The highest BCUT2D eigenvalue weighted by atomic mass is 16.6. The molecule has 0 aromatic heterocycles. The molecule has 0 amide bonds. The highest BCUT2D eigenvalue weighted by Crippen LogP contribution is 2.39. The summed E-state index contributed by atoms with van der Waals surface area (Å²) in [7, 11) is 0. The van der Waals surface area contributed by atoms with Crippen LogP contribution in [-0.2, 0) is 28.6 Å². The summed E-state index contributed by atoms with van der Waals surface area (Å²) in [5, 5.41) is 3.56. The Hall–Kier alpha value is -2.19. The van der Waals surface area contributed by atoms with Crippen molar-refractivity contribution in [1.29, 1.82) is 0 Å². The fourth-order valence-electron chi connectivity index (χ4n) is 6.19. The van der Waals surface area contributed by atoms with E-state index in [-0.39, 0.29) is 46.9 Å². The lowest BCUT2D eigenvalue weighted by atomic mass is 9.78. The first-order chi connectivity index (χ1) is 16.4. The average molecular weight is 507 g/mol. The number of piperidine rings is 2. The fraction of sp³-hybridized carbons (Fsp3) is 0.750. The number of allylic oxidation sites excluding steroid dienone is 1. The molecule has 0 aromatic rings. The second-order valence-corrected chi connectivity index (χ2v) is 12.6. The SMILES string of the molecule is CC=CC(=O)OCCN1C(C)(C)CC(OC(=O)C=CC(=O)OC2CC(C)(C)NC(C)(C)C2)CC1(C)C. The van der Waals surface area contributed by atoms with Crippen LogP contribution in [0.1, 0.15) is 88.0 Å². The first-order valence-electron chi connectivity index (χ1n) is 12.9. The van der Waals surface area contributed by atoms with Crippen LogP contribution in [0.3, 0.4) is 0 Å². The third kappa shape index (κ3) is 9.04. The van der Waals surface area contributed by atoms with Crippen molar-refractivity contribution in [2.75, 3.05) is 13.2 Å². The summed E-state index contributed by atoms with van der Waals surface area (Å²) in [4.78, 5) is 38.8. The molecular formula is C28H46N2O6. The normalized spacial score (nSPS) is 24.0. The van der Waals surface area contributed by atoms with E-state index < -0.39 is 11.9 Å². The van der Waals surface area contributed by atoms with Crippen LogP contribution in [0.15, 0.2) is 24.3 Å². The van der Waals surface area contributed by atoms with Gasteiger partial charge in [-0.15, -0.1) is 0 Å². The van der Waals surface area contributed by atoms with Gasteiger partial charge in [-0.1, -0.05) is 6.08 Å². The van der Waals surface area contributed by atoms with Crippen LogP contribution in [0.2, 0.25) is 0 Å². The Balaban J connectivity index is 1.90. The maximum Gasteiger partial charge on any atom is 0.331 e. The molecule has 0 spiro atoms. The summed E-state index contributed by atoms with van der Waals surface area (Å²) in [6.07, 6.45) is 7.53. The number of nitrogens with one attached hydrogen (secondary N) is 1.